The molecule has 4 nitrogen and oxygen atoms in total. The van der Waals surface area contributed by atoms with Crippen LogP contribution in [0, 0.1) is 6.92 Å². The van der Waals surface area contributed by atoms with E-state index in [9.17, 15) is 4.79 Å². The van der Waals surface area contributed by atoms with Gasteiger partial charge in [0.1, 0.15) is 0 Å². The summed E-state index contributed by atoms with van der Waals surface area (Å²) in [6.07, 6.45) is 5.83. The number of thioether (sulfide) groups is 1. The third kappa shape index (κ3) is 4.67. The Morgan fingerprint density at radius 1 is 1.10 bits per heavy atom. The van der Waals surface area contributed by atoms with Crippen molar-refractivity contribution in [3.63, 3.8) is 0 Å². The molecular weight excluding hydrogens is 434 g/mol. The first-order valence-electron chi connectivity index (χ1n) is 9.42. The fourth-order valence-corrected chi connectivity index (χ4v) is 5.05. The molecule has 0 saturated heterocycles. The molecule has 2 aromatic carbocycles. The van der Waals surface area contributed by atoms with Gasteiger partial charge in [-0.1, -0.05) is 35.1 Å². The summed E-state index contributed by atoms with van der Waals surface area (Å²) in [4.78, 5) is 25.1. The second kappa shape index (κ2) is 9.16. The second-order valence-electron chi connectivity index (χ2n) is 6.93. The minimum absolute atomic E-state index is 0.00604. The third-order valence-electron chi connectivity index (χ3n) is 4.78. The molecule has 0 unspecified atom stereocenters. The molecule has 0 bridgehead atoms. The number of benzene rings is 2. The lowest BCUT2D eigenvalue weighted by molar-refractivity contribution is -0.118. The first-order valence-corrected chi connectivity index (χ1v) is 11.8. The van der Waals surface area contributed by atoms with Crippen LogP contribution in [0.5, 0.6) is 0 Å². The molecule has 0 aliphatic heterocycles. The van der Waals surface area contributed by atoms with E-state index in [2.05, 4.69) is 4.98 Å². The zero-order chi connectivity index (χ0) is 21.1. The highest BCUT2D eigenvalue weighted by Crippen LogP contribution is 2.34. The van der Waals surface area contributed by atoms with Crippen molar-refractivity contribution in [1.82, 2.24) is 9.97 Å². The van der Waals surface area contributed by atoms with Gasteiger partial charge < -0.3 is 0 Å². The number of anilines is 1. The van der Waals surface area contributed by atoms with E-state index in [-0.39, 0.29) is 5.91 Å². The molecule has 1 amide bonds. The Kier molecular flexibility index (Phi) is 6.37. The van der Waals surface area contributed by atoms with Crippen LogP contribution >= 0.6 is 34.7 Å². The lowest BCUT2D eigenvalue weighted by Crippen LogP contribution is -2.31. The number of fused-ring (bicyclic) bond motifs is 1. The molecule has 0 spiro atoms. The summed E-state index contributed by atoms with van der Waals surface area (Å²) in [6, 6.07) is 15.8. The molecule has 4 aromatic rings. The summed E-state index contributed by atoms with van der Waals surface area (Å²) in [6.45, 7) is 2.43. The van der Waals surface area contributed by atoms with Crippen molar-refractivity contribution in [3.05, 3.63) is 82.6 Å². The van der Waals surface area contributed by atoms with Gasteiger partial charge in [0.25, 0.3) is 0 Å². The Hall–Kier alpha value is -2.41. The van der Waals surface area contributed by atoms with Crippen molar-refractivity contribution in [2.75, 3.05) is 11.2 Å². The van der Waals surface area contributed by atoms with Gasteiger partial charge in [-0.25, -0.2) is 4.98 Å². The van der Waals surface area contributed by atoms with Crippen molar-refractivity contribution in [3.8, 4) is 0 Å². The number of aryl methyl sites for hydroxylation is 1. The maximum Gasteiger partial charge on any atom is 0.233 e. The zero-order valence-electron chi connectivity index (χ0n) is 16.6. The van der Waals surface area contributed by atoms with E-state index in [0.29, 0.717) is 23.1 Å². The number of carbonyl (C=O) groups is 1. The number of rotatable bonds is 6. The molecule has 4 rings (SSSR count). The molecule has 30 heavy (non-hydrogen) atoms. The maximum atomic E-state index is 13.3. The van der Waals surface area contributed by atoms with Crippen LogP contribution in [0.4, 0.5) is 5.13 Å². The number of pyridine rings is 1. The van der Waals surface area contributed by atoms with Crippen LogP contribution in [0.2, 0.25) is 5.02 Å². The molecule has 0 atom stereocenters. The van der Waals surface area contributed by atoms with E-state index < -0.39 is 0 Å². The van der Waals surface area contributed by atoms with Crippen LogP contribution in [0.15, 0.2) is 65.8 Å². The van der Waals surface area contributed by atoms with E-state index in [0.717, 1.165) is 26.9 Å². The predicted molar refractivity (Wildman–Crippen MR) is 127 cm³/mol. The number of thiazole rings is 1. The lowest BCUT2D eigenvalue weighted by atomic mass is 10.1. The van der Waals surface area contributed by atoms with Gasteiger partial charge in [0.05, 0.1) is 23.2 Å². The number of hydrogen-bond acceptors (Lipinski definition) is 5. The first-order chi connectivity index (χ1) is 14.5. The van der Waals surface area contributed by atoms with E-state index >= 15 is 0 Å². The number of halogens is 1. The molecule has 2 heterocycles. The molecule has 2 aromatic heterocycles. The Morgan fingerprint density at radius 2 is 1.83 bits per heavy atom. The average Bonchev–Trinajstić information content (AvgIpc) is 3.17. The van der Waals surface area contributed by atoms with Gasteiger partial charge in [0.15, 0.2) is 5.13 Å². The molecule has 7 heteroatoms. The number of aromatic nitrogens is 2. The van der Waals surface area contributed by atoms with Crippen molar-refractivity contribution >= 4 is 56.0 Å². The summed E-state index contributed by atoms with van der Waals surface area (Å²) >= 11 is 9.40. The van der Waals surface area contributed by atoms with E-state index in [1.807, 2.05) is 61.7 Å². The molecule has 0 N–H and O–H groups in total. The second-order valence-corrected chi connectivity index (χ2v) is 9.25. The zero-order valence-corrected chi connectivity index (χ0v) is 19.0. The van der Waals surface area contributed by atoms with Gasteiger partial charge in [-0.15, -0.1) is 11.8 Å². The Morgan fingerprint density at radius 3 is 2.53 bits per heavy atom. The monoisotopic (exact) mass is 453 g/mol. The quantitative estimate of drug-likeness (QED) is 0.328. The van der Waals surface area contributed by atoms with Crippen LogP contribution in [0.1, 0.15) is 16.7 Å². The Bertz CT molecular complexity index is 1180. The van der Waals surface area contributed by atoms with Gasteiger partial charge >= 0.3 is 0 Å². The Labute approximate surface area is 188 Å². The predicted octanol–water partition coefficient (Wildman–Crippen LogP) is 6.15. The minimum Gasteiger partial charge on any atom is -0.283 e. The number of amides is 1. The van der Waals surface area contributed by atoms with Gasteiger partial charge in [-0.2, -0.15) is 0 Å². The fraction of sp³-hybridized carbons (Fsp3) is 0.174. The van der Waals surface area contributed by atoms with Crippen molar-refractivity contribution in [1.29, 1.82) is 0 Å². The highest BCUT2D eigenvalue weighted by atomic mass is 35.5. The molecule has 0 saturated carbocycles. The van der Waals surface area contributed by atoms with Crippen molar-refractivity contribution in [2.45, 2.75) is 24.8 Å². The summed E-state index contributed by atoms with van der Waals surface area (Å²) in [5.74, 6) is 0.00604. The largest absolute Gasteiger partial charge is 0.283 e. The summed E-state index contributed by atoms with van der Waals surface area (Å²) in [5, 5.41) is 1.36. The van der Waals surface area contributed by atoms with Crippen LogP contribution in [-0.4, -0.2) is 22.1 Å². The summed E-state index contributed by atoms with van der Waals surface area (Å²) in [7, 11) is 0. The lowest BCUT2D eigenvalue weighted by Gasteiger charge is -2.20. The van der Waals surface area contributed by atoms with Gasteiger partial charge in [0, 0.05) is 22.3 Å². The normalized spacial score (nSPS) is 11.0. The van der Waals surface area contributed by atoms with Gasteiger partial charge in [-0.3, -0.25) is 14.7 Å². The highest BCUT2D eigenvalue weighted by Gasteiger charge is 2.21. The molecular formula is C23H20ClN3OS2. The molecule has 0 aliphatic carbocycles. The SMILES string of the molecule is CSc1ccc(CC(=O)N(Cc2ccncc2)c2nc3c(C)cc(Cl)cc3s2)cc1. The van der Waals surface area contributed by atoms with Crippen LogP contribution in [-0.2, 0) is 17.8 Å². The molecule has 0 fully saturated rings. The smallest absolute Gasteiger partial charge is 0.233 e. The first kappa shape index (κ1) is 20.8. The fourth-order valence-electron chi connectivity index (χ4n) is 3.20. The van der Waals surface area contributed by atoms with E-state index in [1.165, 1.54) is 16.2 Å². The van der Waals surface area contributed by atoms with Crippen LogP contribution < -0.4 is 4.90 Å². The minimum atomic E-state index is 0.00604. The maximum absolute atomic E-state index is 13.3. The van der Waals surface area contributed by atoms with Crippen LogP contribution in [0.3, 0.4) is 0 Å². The van der Waals surface area contributed by atoms with E-state index in [4.69, 9.17) is 16.6 Å². The standard InChI is InChI=1S/C23H20ClN3OS2/c1-15-11-18(24)13-20-22(15)26-23(30-20)27(14-17-7-9-25-10-8-17)21(28)12-16-3-5-19(29-2)6-4-16/h3-11,13H,12,14H2,1-2H3. The topological polar surface area (TPSA) is 46.1 Å². The average molecular weight is 454 g/mol. The highest BCUT2D eigenvalue weighted by molar-refractivity contribution is 7.98. The number of carbonyl (C=O) groups excluding carboxylic acids is 1. The van der Waals surface area contributed by atoms with E-state index in [1.54, 1.807) is 29.1 Å². The van der Waals surface area contributed by atoms with Crippen LogP contribution in [0.25, 0.3) is 10.2 Å². The van der Waals surface area contributed by atoms with Gasteiger partial charge in [0.2, 0.25) is 5.91 Å². The molecule has 0 aliphatic rings. The summed E-state index contributed by atoms with van der Waals surface area (Å²) < 4.78 is 0.979. The summed E-state index contributed by atoms with van der Waals surface area (Å²) in [5.41, 5.74) is 3.88. The third-order valence-corrected chi connectivity index (χ3v) is 6.76. The molecule has 152 valence electrons. The van der Waals surface area contributed by atoms with Gasteiger partial charge in [-0.05, 0) is 66.3 Å². The Balaban J connectivity index is 1.68. The number of nitrogens with zero attached hydrogens (tertiary/aromatic N) is 3. The number of hydrogen-bond donors (Lipinski definition) is 0. The van der Waals surface area contributed by atoms with Crippen molar-refractivity contribution in [2.24, 2.45) is 0 Å². The molecule has 0 radical (unpaired) electrons. The van der Waals surface area contributed by atoms with Crippen molar-refractivity contribution < 1.29 is 4.79 Å².